The molecule has 0 bridgehead atoms. The number of nitrogens with one attached hydrogen (secondary N) is 2. The van der Waals surface area contributed by atoms with E-state index >= 15 is 0 Å². The van der Waals surface area contributed by atoms with Gasteiger partial charge in [-0.15, -0.1) is 12.4 Å². The molecule has 0 unspecified atom stereocenters. The summed E-state index contributed by atoms with van der Waals surface area (Å²) >= 11 is 0. The van der Waals surface area contributed by atoms with Crippen molar-refractivity contribution in [2.24, 2.45) is 7.05 Å². The molecule has 0 saturated heterocycles. The molecule has 0 radical (unpaired) electrons. The number of halogens is 1. The Balaban J connectivity index is 0.00000342. The Hall–Kier alpha value is -3.57. The minimum absolute atomic E-state index is 0. The summed E-state index contributed by atoms with van der Waals surface area (Å²) in [5.41, 5.74) is 3.43. The Labute approximate surface area is 210 Å². The number of hydrogen-bond acceptors (Lipinski definition) is 9. The zero-order valence-corrected chi connectivity index (χ0v) is 21.7. The van der Waals surface area contributed by atoms with Crippen LogP contribution in [-0.2, 0) is 17.2 Å². The molecule has 0 amide bonds. The lowest BCUT2D eigenvalue weighted by Gasteiger charge is -2.19. The van der Waals surface area contributed by atoms with Crippen molar-refractivity contribution >= 4 is 62.6 Å². The lowest BCUT2D eigenvalue weighted by molar-refractivity contribution is 0.493. The van der Waals surface area contributed by atoms with Crippen LogP contribution in [0.5, 0.6) is 5.75 Å². The Morgan fingerprint density at radius 3 is 2.57 bits per heavy atom. The third-order valence-corrected chi connectivity index (χ3v) is 5.49. The SMILES string of the molecule is CC(C)Nc1nc2cc(N(C)c3ccnc(Nc4cccc(OS(C)(=O)=O)c4)n3)ccc2n1C.Cl. The minimum atomic E-state index is -3.61. The minimum Gasteiger partial charge on any atom is -0.383 e. The summed E-state index contributed by atoms with van der Waals surface area (Å²) in [4.78, 5) is 15.5. The summed E-state index contributed by atoms with van der Waals surface area (Å²) in [7, 11) is 0.294. The third kappa shape index (κ3) is 6.31. The largest absolute Gasteiger partial charge is 0.383 e. The van der Waals surface area contributed by atoms with Gasteiger partial charge in [-0.1, -0.05) is 6.07 Å². The maximum Gasteiger partial charge on any atom is 0.306 e. The van der Waals surface area contributed by atoms with E-state index in [1.807, 2.05) is 47.8 Å². The summed E-state index contributed by atoms with van der Waals surface area (Å²) in [6, 6.07) is 14.7. The lowest BCUT2D eigenvalue weighted by Crippen LogP contribution is -2.13. The number of fused-ring (bicyclic) bond motifs is 1. The van der Waals surface area contributed by atoms with Crippen LogP contribution in [0.4, 0.5) is 29.1 Å². The molecule has 12 heteroatoms. The van der Waals surface area contributed by atoms with Gasteiger partial charge in [-0.2, -0.15) is 13.4 Å². The molecule has 2 aromatic heterocycles. The fourth-order valence-corrected chi connectivity index (χ4v) is 3.90. The molecule has 2 heterocycles. The first-order valence-corrected chi connectivity index (χ1v) is 12.5. The summed E-state index contributed by atoms with van der Waals surface area (Å²) in [6.45, 7) is 4.16. The highest BCUT2D eigenvalue weighted by molar-refractivity contribution is 7.86. The van der Waals surface area contributed by atoms with Gasteiger partial charge in [-0.05, 0) is 50.2 Å². The lowest BCUT2D eigenvalue weighted by atomic mass is 10.2. The van der Waals surface area contributed by atoms with Crippen LogP contribution in [0.2, 0.25) is 0 Å². The molecule has 4 aromatic rings. The summed E-state index contributed by atoms with van der Waals surface area (Å²) in [5.74, 6) is 2.07. The second-order valence-corrected chi connectivity index (χ2v) is 9.78. The number of rotatable bonds is 8. The number of aryl methyl sites for hydroxylation is 1. The topological polar surface area (TPSA) is 114 Å². The number of benzene rings is 2. The van der Waals surface area contributed by atoms with E-state index in [-0.39, 0.29) is 24.2 Å². The highest BCUT2D eigenvalue weighted by Crippen LogP contribution is 2.28. The maximum atomic E-state index is 11.4. The predicted octanol–water partition coefficient (Wildman–Crippen LogP) is 4.46. The van der Waals surface area contributed by atoms with Crippen molar-refractivity contribution < 1.29 is 12.6 Å². The average molecular weight is 518 g/mol. The number of aromatic nitrogens is 4. The van der Waals surface area contributed by atoms with Gasteiger partial charge in [-0.3, -0.25) is 0 Å². The van der Waals surface area contributed by atoms with E-state index < -0.39 is 10.1 Å². The molecule has 10 nitrogen and oxygen atoms in total. The summed E-state index contributed by atoms with van der Waals surface area (Å²) < 4.78 is 29.8. The van der Waals surface area contributed by atoms with Crippen molar-refractivity contribution in [2.75, 3.05) is 28.8 Å². The van der Waals surface area contributed by atoms with Crippen molar-refractivity contribution in [3.8, 4) is 5.75 Å². The molecule has 0 atom stereocenters. The second-order valence-electron chi connectivity index (χ2n) is 8.20. The molecule has 35 heavy (non-hydrogen) atoms. The van der Waals surface area contributed by atoms with Crippen LogP contribution in [0.1, 0.15) is 13.8 Å². The van der Waals surface area contributed by atoms with Gasteiger partial charge in [0.05, 0.1) is 17.3 Å². The number of hydrogen-bond donors (Lipinski definition) is 2. The number of anilines is 5. The molecule has 2 aromatic carbocycles. The smallest absolute Gasteiger partial charge is 0.306 e. The molecular weight excluding hydrogens is 490 g/mol. The Kier molecular flexibility index (Phi) is 7.71. The van der Waals surface area contributed by atoms with Gasteiger partial charge in [0.2, 0.25) is 11.9 Å². The molecule has 0 saturated carbocycles. The van der Waals surface area contributed by atoms with Gasteiger partial charge in [0, 0.05) is 43.8 Å². The van der Waals surface area contributed by atoms with E-state index in [1.165, 1.54) is 0 Å². The molecule has 186 valence electrons. The van der Waals surface area contributed by atoms with Crippen molar-refractivity contribution in [2.45, 2.75) is 19.9 Å². The predicted molar refractivity (Wildman–Crippen MR) is 142 cm³/mol. The van der Waals surface area contributed by atoms with Crippen LogP contribution in [0.25, 0.3) is 11.0 Å². The van der Waals surface area contributed by atoms with Crippen LogP contribution in [0.15, 0.2) is 54.7 Å². The summed E-state index contributed by atoms with van der Waals surface area (Å²) in [5, 5.41) is 6.44. The van der Waals surface area contributed by atoms with E-state index in [2.05, 4.69) is 34.4 Å². The quantitative estimate of drug-likeness (QED) is 0.327. The molecule has 0 aliphatic rings. The van der Waals surface area contributed by atoms with Gasteiger partial charge in [0.1, 0.15) is 11.6 Å². The van der Waals surface area contributed by atoms with Crippen molar-refractivity contribution in [3.63, 3.8) is 0 Å². The van der Waals surface area contributed by atoms with Gasteiger partial charge in [0.25, 0.3) is 0 Å². The molecule has 4 rings (SSSR count). The van der Waals surface area contributed by atoms with E-state index in [4.69, 9.17) is 9.17 Å². The van der Waals surface area contributed by atoms with Crippen LogP contribution in [0, 0.1) is 0 Å². The van der Waals surface area contributed by atoms with Crippen molar-refractivity contribution in [3.05, 3.63) is 54.7 Å². The monoisotopic (exact) mass is 517 g/mol. The number of imidazole rings is 1. The molecule has 0 aliphatic carbocycles. The zero-order valence-electron chi connectivity index (χ0n) is 20.1. The van der Waals surface area contributed by atoms with Crippen LogP contribution in [0.3, 0.4) is 0 Å². The molecule has 0 spiro atoms. The Bertz CT molecular complexity index is 1440. The van der Waals surface area contributed by atoms with Crippen molar-refractivity contribution in [1.29, 1.82) is 0 Å². The molecule has 2 N–H and O–H groups in total. The van der Waals surface area contributed by atoms with Crippen LogP contribution in [-0.4, -0.2) is 47.3 Å². The highest BCUT2D eigenvalue weighted by Gasteiger charge is 2.13. The van der Waals surface area contributed by atoms with E-state index in [1.54, 1.807) is 30.5 Å². The normalized spacial score (nSPS) is 11.3. The van der Waals surface area contributed by atoms with Crippen molar-refractivity contribution in [1.82, 2.24) is 19.5 Å². The Morgan fingerprint density at radius 2 is 1.86 bits per heavy atom. The molecule has 0 aliphatic heterocycles. The zero-order chi connectivity index (χ0) is 24.5. The first-order chi connectivity index (χ1) is 16.1. The highest BCUT2D eigenvalue weighted by atomic mass is 35.5. The first-order valence-electron chi connectivity index (χ1n) is 10.7. The van der Waals surface area contributed by atoms with E-state index in [9.17, 15) is 8.42 Å². The van der Waals surface area contributed by atoms with Gasteiger partial charge < -0.3 is 24.3 Å². The van der Waals surface area contributed by atoms with Gasteiger partial charge >= 0.3 is 10.1 Å². The van der Waals surface area contributed by atoms with Gasteiger partial charge in [0.15, 0.2) is 0 Å². The third-order valence-electron chi connectivity index (χ3n) is 4.99. The first kappa shape index (κ1) is 26.0. The fourth-order valence-electron chi connectivity index (χ4n) is 3.44. The Morgan fingerprint density at radius 1 is 1.09 bits per heavy atom. The standard InChI is InChI=1S/C23H27N7O3S.ClH/c1-15(2)25-23-27-19-14-17(9-10-20(19)30(23)4)29(3)21-11-12-24-22(28-21)26-16-7-6-8-18(13-16)33-34(5,31)32;/h6-15H,1-5H3,(H,25,27)(H,24,26,28);1H. The summed E-state index contributed by atoms with van der Waals surface area (Å²) in [6.07, 6.45) is 2.65. The second kappa shape index (κ2) is 10.4. The van der Waals surface area contributed by atoms with Gasteiger partial charge in [-0.25, -0.2) is 9.97 Å². The van der Waals surface area contributed by atoms with Crippen LogP contribution >= 0.6 is 12.4 Å². The fraction of sp³-hybridized carbons (Fsp3) is 0.261. The molecule has 0 fully saturated rings. The van der Waals surface area contributed by atoms with Crippen LogP contribution < -0.4 is 19.7 Å². The maximum absolute atomic E-state index is 11.4. The van der Waals surface area contributed by atoms with E-state index in [0.29, 0.717) is 17.5 Å². The number of nitrogens with zero attached hydrogens (tertiary/aromatic N) is 5. The molecular formula is C23H28ClN7O3S. The average Bonchev–Trinajstić information content (AvgIpc) is 3.06. The van der Waals surface area contributed by atoms with E-state index in [0.717, 1.165) is 28.9 Å².